The molecule has 2 aliphatic carbocycles. The highest BCUT2D eigenvalue weighted by Gasteiger charge is 2.44. The SMILES string of the molecule is CCCCOCCCOCCCCCCCCOC(C)CC1=CCC2CCCC(CCCCC(C)C)C(C)CCC2(C)C1CC. The summed E-state index contributed by atoms with van der Waals surface area (Å²) >= 11 is 0. The van der Waals surface area contributed by atoms with Crippen LogP contribution in [0.5, 0.6) is 0 Å². The zero-order chi connectivity index (χ0) is 32.8. The first-order valence-corrected chi connectivity index (χ1v) is 20.3. The van der Waals surface area contributed by atoms with Gasteiger partial charge in [-0.05, 0) is 106 Å². The summed E-state index contributed by atoms with van der Waals surface area (Å²) < 4.78 is 17.8. The first-order valence-electron chi connectivity index (χ1n) is 20.3. The summed E-state index contributed by atoms with van der Waals surface area (Å²) in [5.74, 6) is 4.30. The van der Waals surface area contributed by atoms with Crippen LogP contribution < -0.4 is 0 Å². The molecule has 3 heteroatoms. The topological polar surface area (TPSA) is 27.7 Å². The molecule has 0 amide bonds. The van der Waals surface area contributed by atoms with Crippen molar-refractivity contribution in [2.75, 3.05) is 33.0 Å². The molecule has 3 nitrogen and oxygen atoms in total. The molecule has 2 rings (SSSR count). The lowest BCUT2D eigenvalue weighted by Crippen LogP contribution is -2.40. The summed E-state index contributed by atoms with van der Waals surface area (Å²) in [6.45, 7) is 21.4. The fourth-order valence-electron chi connectivity index (χ4n) is 8.67. The van der Waals surface area contributed by atoms with Gasteiger partial charge in [-0.25, -0.2) is 0 Å². The van der Waals surface area contributed by atoms with E-state index in [1.54, 1.807) is 5.57 Å². The number of rotatable bonds is 25. The molecule has 0 heterocycles. The van der Waals surface area contributed by atoms with Gasteiger partial charge in [0.05, 0.1) is 6.10 Å². The van der Waals surface area contributed by atoms with E-state index in [1.807, 2.05) is 0 Å². The fraction of sp³-hybridized carbons (Fsp3) is 0.952. The maximum atomic E-state index is 6.41. The maximum Gasteiger partial charge on any atom is 0.0584 e. The standard InChI is InChI=1S/C42H80O3/c1-8-10-29-43-31-20-32-44-30-17-13-11-12-14-18-33-45-37(6)34-39-25-26-40-24-19-23-38(22-16-15-21-35(3)4)36(5)27-28-42(40,7)41(39)9-2/h25,35-38,40-41H,8-24,26-34H2,1-7H3. The van der Waals surface area contributed by atoms with Gasteiger partial charge in [-0.3, -0.25) is 0 Å². The van der Waals surface area contributed by atoms with Gasteiger partial charge in [-0.1, -0.05) is 124 Å². The van der Waals surface area contributed by atoms with Gasteiger partial charge < -0.3 is 14.2 Å². The summed E-state index contributed by atoms with van der Waals surface area (Å²) in [6, 6.07) is 0. The smallest absolute Gasteiger partial charge is 0.0584 e. The minimum absolute atomic E-state index is 0.338. The van der Waals surface area contributed by atoms with Gasteiger partial charge in [0.25, 0.3) is 0 Å². The minimum Gasteiger partial charge on any atom is -0.381 e. The summed E-state index contributed by atoms with van der Waals surface area (Å²) in [5.41, 5.74) is 2.19. The summed E-state index contributed by atoms with van der Waals surface area (Å²) in [6.07, 6.45) is 30.7. The van der Waals surface area contributed by atoms with E-state index in [0.29, 0.717) is 11.5 Å². The molecule has 6 atom stereocenters. The van der Waals surface area contributed by atoms with Gasteiger partial charge in [0, 0.05) is 33.0 Å². The number of hydrogen-bond acceptors (Lipinski definition) is 3. The highest BCUT2D eigenvalue weighted by atomic mass is 16.5. The van der Waals surface area contributed by atoms with Crippen LogP contribution in [0.1, 0.15) is 183 Å². The molecule has 6 unspecified atom stereocenters. The van der Waals surface area contributed by atoms with E-state index in [2.05, 4.69) is 54.5 Å². The Balaban J connectivity index is 1.63. The van der Waals surface area contributed by atoms with Crippen LogP contribution in [0.25, 0.3) is 0 Å². The molecular formula is C42H80O3. The van der Waals surface area contributed by atoms with E-state index in [4.69, 9.17) is 14.2 Å². The van der Waals surface area contributed by atoms with Crippen LogP contribution in [0.3, 0.4) is 0 Å². The van der Waals surface area contributed by atoms with Crippen molar-refractivity contribution in [2.45, 2.75) is 189 Å². The van der Waals surface area contributed by atoms with Crippen molar-refractivity contribution in [3.05, 3.63) is 11.6 Å². The Kier molecular flexibility index (Phi) is 22.4. The third-order valence-corrected chi connectivity index (χ3v) is 11.8. The number of unbranched alkanes of at least 4 members (excludes halogenated alkanes) is 7. The molecular weight excluding hydrogens is 552 g/mol. The van der Waals surface area contributed by atoms with Gasteiger partial charge in [0.1, 0.15) is 0 Å². The molecule has 45 heavy (non-hydrogen) atoms. The van der Waals surface area contributed by atoms with Crippen molar-refractivity contribution >= 4 is 0 Å². The Hall–Kier alpha value is -0.380. The van der Waals surface area contributed by atoms with Gasteiger partial charge in [0.15, 0.2) is 0 Å². The molecule has 0 aliphatic heterocycles. The lowest BCUT2D eigenvalue weighted by molar-refractivity contribution is 0.0426. The molecule has 0 aromatic carbocycles. The third kappa shape index (κ3) is 16.5. The Morgan fingerprint density at radius 2 is 1.44 bits per heavy atom. The van der Waals surface area contributed by atoms with E-state index < -0.39 is 0 Å². The Morgan fingerprint density at radius 3 is 2.13 bits per heavy atom. The normalized spacial score (nSPS) is 26.6. The van der Waals surface area contributed by atoms with E-state index >= 15 is 0 Å². The van der Waals surface area contributed by atoms with Crippen LogP contribution in [0.4, 0.5) is 0 Å². The lowest BCUT2D eigenvalue weighted by atomic mass is 9.56. The maximum absolute atomic E-state index is 6.41. The summed E-state index contributed by atoms with van der Waals surface area (Å²) in [5, 5.41) is 0. The third-order valence-electron chi connectivity index (χ3n) is 11.8. The van der Waals surface area contributed by atoms with Crippen LogP contribution in [-0.4, -0.2) is 39.1 Å². The van der Waals surface area contributed by atoms with Gasteiger partial charge in [0.2, 0.25) is 0 Å². The molecule has 0 N–H and O–H groups in total. The van der Waals surface area contributed by atoms with Crippen LogP contribution in [0, 0.1) is 35.0 Å². The minimum atomic E-state index is 0.338. The van der Waals surface area contributed by atoms with Crippen molar-refractivity contribution in [3.63, 3.8) is 0 Å². The molecule has 0 bridgehead atoms. The lowest BCUT2D eigenvalue weighted by Gasteiger charge is -2.49. The summed E-state index contributed by atoms with van der Waals surface area (Å²) in [7, 11) is 0. The van der Waals surface area contributed by atoms with Crippen molar-refractivity contribution in [3.8, 4) is 0 Å². The average molecular weight is 633 g/mol. The van der Waals surface area contributed by atoms with Crippen LogP contribution >= 0.6 is 0 Å². The number of allylic oxidation sites excluding steroid dienone is 1. The second-order valence-corrected chi connectivity index (χ2v) is 16.0. The second-order valence-electron chi connectivity index (χ2n) is 16.0. The molecule has 0 aromatic rings. The fourth-order valence-corrected chi connectivity index (χ4v) is 8.67. The molecule has 0 aromatic heterocycles. The predicted octanol–water partition coefficient (Wildman–Crippen LogP) is 12.8. The molecule has 0 spiro atoms. The highest BCUT2D eigenvalue weighted by Crippen LogP contribution is 2.54. The molecule has 1 fully saturated rings. The first-order chi connectivity index (χ1) is 21.8. The van der Waals surface area contributed by atoms with E-state index in [9.17, 15) is 0 Å². The largest absolute Gasteiger partial charge is 0.381 e. The number of hydrogen-bond donors (Lipinski definition) is 0. The van der Waals surface area contributed by atoms with Gasteiger partial charge in [-0.15, -0.1) is 0 Å². The molecule has 0 radical (unpaired) electrons. The highest BCUT2D eigenvalue weighted by molar-refractivity contribution is 5.18. The number of fused-ring (bicyclic) bond motifs is 1. The van der Waals surface area contributed by atoms with Crippen LogP contribution in [0.15, 0.2) is 11.6 Å². The van der Waals surface area contributed by atoms with E-state index in [-0.39, 0.29) is 0 Å². The monoisotopic (exact) mass is 633 g/mol. The summed E-state index contributed by atoms with van der Waals surface area (Å²) in [4.78, 5) is 0. The van der Waals surface area contributed by atoms with Gasteiger partial charge >= 0.3 is 0 Å². The molecule has 2 aliphatic rings. The Labute approximate surface area is 282 Å². The van der Waals surface area contributed by atoms with Crippen molar-refractivity contribution < 1.29 is 14.2 Å². The van der Waals surface area contributed by atoms with Crippen molar-refractivity contribution in [2.24, 2.45) is 35.0 Å². The molecule has 266 valence electrons. The second kappa shape index (κ2) is 24.7. The Morgan fingerprint density at radius 1 is 0.778 bits per heavy atom. The predicted molar refractivity (Wildman–Crippen MR) is 196 cm³/mol. The van der Waals surface area contributed by atoms with E-state index in [0.717, 1.165) is 75.5 Å². The van der Waals surface area contributed by atoms with Crippen molar-refractivity contribution in [1.82, 2.24) is 0 Å². The molecule has 0 saturated heterocycles. The Bertz CT molecular complexity index is 731. The average Bonchev–Trinajstić information content (AvgIpc) is 3.07. The zero-order valence-electron chi connectivity index (χ0n) is 31.7. The zero-order valence-corrected chi connectivity index (χ0v) is 31.7. The van der Waals surface area contributed by atoms with E-state index in [1.165, 1.54) is 122 Å². The van der Waals surface area contributed by atoms with Crippen LogP contribution in [-0.2, 0) is 14.2 Å². The van der Waals surface area contributed by atoms with Crippen molar-refractivity contribution in [1.29, 1.82) is 0 Å². The van der Waals surface area contributed by atoms with Gasteiger partial charge in [-0.2, -0.15) is 0 Å². The molecule has 1 saturated carbocycles. The quantitative estimate of drug-likeness (QED) is 0.0740. The van der Waals surface area contributed by atoms with Crippen LogP contribution in [0.2, 0.25) is 0 Å². The first kappa shape index (κ1) is 40.8. The number of ether oxygens (including phenoxy) is 3.